The first-order chi connectivity index (χ1) is 0. The number of hydrogen-bond donors (Lipinski definition) is 0. The third kappa shape index (κ3) is 53.8. The topological polar surface area (TPSA) is 0 Å². The number of halogens is 8. The third-order valence-corrected chi connectivity index (χ3v) is 0. The molecule has 0 saturated carbocycles. The van der Waals surface area contributed by atoms with E-state index in [0.29, 0.717) is 0 Å². The Morgan fingerprint density at radius 1 is 0.222 bits per heavy atom. The molecule has 0 heterocycles. The van der Waals surface area contributed by atoms with Crippen molar-refractivity contribution in [2.45, 2.75) is 0 Å². The molecule has 0 N–H and O–H groups in total. The van der Waals surface area contributed by atoms with Gasteiger partial charge in [0, 0.05) is 19.5 Å². The van der Waals surface area contributed by atoms with Gasteiger partial charge in [-0.3, -0.25) is 0 Å². The molecule has 0 rings (SSSR count). The molecule has 66 valence electrons. The summed E-state index contributed by atoms with van der Waals surface area (Å²) in [7, 11) is 0. The summed E-state index contributed by atoms with van der Waals surface area (Å²) in [6.45, 7) is 0. The van der Waals surface area contributed by atoms with Gasteiger partial charge in [-0.15, -0.1) is 192 Å². The standard InChI is InChI=1S/8HI.Zn/h8*1H;. The van der Waals surface area contributed by atoms with Crippen molar-refractivity contribution in [1.29, 1.82) is 0 Å². The molecule has 9 heteroatoms. The van der Waals surface area contributed by atoms with Crippen LogP contribution < -0.4 is 0 Å². The zero-order valence-corrected chi connectivity index (χ0v) is 25.6. The minimum atomic E-state index is 0. The molecule has 0 amide bonds. The third-order valence-electron chi connectivity index (χ3n) is 0. The predicted molar refractivity (Wildman–Crippen MR) is 123 cm³/mol. The van der Waals surface area contributed by atoms with Gasteiger partial charge < -0.3 is 0 Å². The van der Waals surface area contributed by atoms with E-state index >= 15 is 0 Å². The second-order valence-corrected chi connectivity index (χ2v) is 0. The quantitative estimate of drug-likeness (QED) is 0.239. The van der Waals surface area contributed by atoms with E-state index in [2.05, 4.69) is 0 Å². The minimum Gasteiger partial charge on any atom is -0.107 e. The van der Waals surface area contributed by atoms with Crippen molar-refractivity contribution < 1.29 is 19.5 Å². The number of rotatable bonds is 0. The Kier molecular flexibility index (Phi) is 540. The molecule has 0 aliphatic heterocycles. The second-order valence-electron chi connectivity index (χ2n) is 0. The molecule has 0 saturated heterocycles. The van der Waals surface area contributed by atoms with Crippen molar-refractivity contribution >= 4 is 192 Å². The molecule has 0 atom stereocenters. The first kappa shape index (κ1) is 77.4. The van der Waals surface area contributed by atoms with Crippen LogP contribution in [0.1, 0.15) is 0 Å². The summed E-state index contributed by atoms with van der Waals surface area (Å²) in [5.41, 5.74) is 0. The molecule has 0 nitrogen and oxygen atoms in total. The summed E-state index contributed by atoms with van der Waals surface area (Å²) >= 11 is 0. The summed E-state index contributed by atoms with van der Waals surface area (Å²) in [5, 5.41) is 0. The van der Waals surface area contributed by atoms with Gasteiger partial charge in [-0.1, -0.05) is 0 Å². The first-order valence-electron chi connectivity index (χ1n) is 0. The van der Waals surface area contributed by atoms with Crippen LogP contribution in [0, 0.1) is 0 Å². The Bertz CT molecular complexity index is 4.53. The molecule has 0 unspecified atom stereocenters. The Balaban J connectivity index is 0. The molecule has 9 heavy (non-hydrogen) atoms. The maximum absolute atomic E-state index is 0. The smallest absolute Gasteiger partial charge is 0 e. The Labute approximate surface area is 205 Å². The van der Waals surface area contributed by atoms with Gasteiger partial charge in [0.05, 0.1) is 0 Å². The van der Waals surface area contributed by atoms with E-state index in [1.54, 1.807) is 0 Å². The maximum Gasteiger partial charge on any atom is 0 e. The van der Waals surface area contributed by atoms with Crippen LogP contribution >= 0.6 is 192 Å². The van der Waals surface area contributed by atoms with Gasteiger partial charge in [0.25, 0.3) is 0 Å². The van der Waals surface area contributed by atoms with Crippen molar-refractivity contribution in [3.63, 3.8) is 0 Å². The molecule has 0 aromatic heterocycles. The van der Waals surface area contributed by atoms with Crippen LogP contribution in [0.4, 0.5) is 0 Å². The van der Waals surface area contributed by atoms with Crippen molar-refractivity contribution in [1.82, 2.24) is 0 Å². The van der Waals surface area contributed by atoms with E-state index in [9.17, 15) is 0 Å². The van der Waals surface area contributed by atoms with Crippen LogP contribution in [0.5, 0.6) is 0 Å². The number of hydrogen-bond acceptors (Lipinski definition) is 0. The molecule has 0 aliphatic rings. The van der Waals surface area contributed by atoms with Crippen molar-refractivity contribution in [3.05, 3.63) is 0 Å². The Hall–Kier alpha value is 6.46. The largest absolute Gasteiger partial charge is 0.107 e. The van der Waals surface area contributed by atoms with Gasteiger partial charge in [-0.2, -0.15) is 0 Å². The fourth-order valence-electron chi connectivity index (χ4n) is 0. The van der Waals surface area contributed by atoms with E-state index in [0.717, 1.165) is 0 Å². The zero-order chi connectivity index (χ0) is 0. The van der Waals surface area contributed by atoms with E-state index in [-0.39, 0.29) is 211 Å². The van der Waals surface area contributed by atoms with Crippen LogP contribution in [-0.4, -0.2) is 0 Å². The Morgan fingerprint density at radius 2 is 0.222 bits per heavy atom. The van der Waals surface area contributed by atoms with Crippen molar-refractivity contribution in [2.75, 3.05) is 0 Å². The van der Waals surface area contributed by atoms with Gasteiger partial charge in [0.2, 0.25) is 0 Å². The van der Waals surface area contributed by atoms with Crippen molar-refractivity contribution in [3.8, 4) is 0 Å². The summed E-state index contributed by atoms with van der Waals surface area (Å²) < 4.78 is 0. The van der Waals surface area contributed by atoms with Gasteiger partial charge in [0.1, 0.15) is 0 Å². The van der Waals surface area contributed by atoms with Crippen LogP contribution in [0.25, 0.3) is 0 Å². The SMILES string of the molecule is I.I.I.I.I.I.I.I.[Zn]. The van der Waals surface area contributed by atoms with Crippen LogP contribution in [0.3, 0.4) is 0 Å². The fraction of sp³-hybridized carbons (Fsp3) is 0. The molecule has 0 radical (unpaired) electrons. The molecule has 0 fully saturated rings. The van der Waals surface area contributed by atoms with Gasteiger partial charge in [-0.25, -0.2) is 0 Å². The van der Waals surface area contributed by atoms with E-state index in [4.69, 9.17) is 0 Å². The monoisotopic (exact) mass is 1090 g/mol. The molecule has 0 aromatic rings. The summed E-state index contributed by atoms with van der Waals surface area (Å²) in [5.74, 6) is 0. The molecule has 0 bridgehead atoms. The summed E-state index contributed by atoms with van der Waals surface area (Å²) in [4.78, 5) is 0. The van der Waals surface area contributed by atoms with E-state index in [1.807, 2.05) is 0 Å². The van der Waals surface area contributed by atoms with E-state index in [1.165, 1.54) is 0 Å². The first-order valence-corrected chi connectivity index (χ1v) is 0. The molecule has 0 aromatic carbocycles. The van der Waals surface area contributed by atoms with Gasteiger partial charge in [0.15, 0.2) is 0 Å². The molecular formula is H8I8Zn. The van der Waals surface area contributed by atoms with Gasteiger partial charge in [-0.05, 0) is 0 Å². The molecule has 0 aliphatic carbocycles. The summed E-state index contributed by atoms with van der Waals surface area (Å²) in [6.07, 6.45) is 0. The van der Waals surface area contributed by atoms with E-state index < -0.39 is 0 Å². The fourth-order valence-corrected chi connectivity index (χ4v) is 0. The average molecular weight is 1090 g/mol. The van der Waals surface area contributed by atoms with Crippen molar-refractivity contribution in [2.24, 2.45) is 0 Å². The minimum absolute atomic E-state index is 0. The normalized spacial score (nSPS) is 0. The van der Waals surface area contributed by atoms with Gasteiger partial charge >= 0.3 is 0 Å². The maximum atomic E-state index is 0. The second kappa shape index (κ2) is 62.8. The molecular weight excluding hydrogens is 1080 g/mol. The average Bonchev–Trinajstić information content (AvgIpc) is 0. The Morgan fingerprint density at radius 3 is 0.222 bits per heavy atom. The predicted octanol–water partition coefficient (Wildman–Crippen LogP) is 4.94. The van der Waals surface area contributed by atoms with Crippen LogP contribution in [0.2, 0.25) is 0 Å². The summed E-state index contributed by atoms with van der Waals surface area (Å²) in [6, 6.07) is 0. The molecule has 0 spiro atoms. The zero-order valence-electron chi connectivity index (χ0n) is 3.97. The van der Waals surface area contributed by atoms with Crippen LogP contribution in [-0.2, 0) is 19.5 Å². The van der Waals surface area contributed by atoms with Crippen LogP contribution in [0.15, 0.2) is 0 Å².